The first-order valence-corrected chi connectivity index (χ1v) is 11.1. The van der Waals surface area contributed by atoms with E-state index in [0.717, 1.165) is 5.56 Å². The number of hydrogen-bond donors (Lipinski definition) is 2. The summed E-state index contributed by atoms with van der Waals surface area (Å²) in [4.78, 5) is 42.0. The number of methoxy groups -OCH3 is 1. The lowest BCUT2D eigenvalue weighted by Gasteiger charge is -2.25. The molecule has 8 nitrogen and oxygen atoms in total. The smallest absolute Gasteiger partial charge is 0.328 e. The van der Waals surface area contributed by atoms with Crippen molar-refractivity contribution in [2.75, 3.05) is 7.11 Å². The van der Waals surface area contributed by atoms with E-state index in [-0.39, 0.29) is 17.8 Å². The van der Waals surface area contributed by atoms with Gasteiger partial charge in [-0.2, -0.15) is 0 Å². The lowest BCUT2D eigenvalue weighted by Crippen LogP contribution is -2.50. The Kier molecular flexibility index (Phi) is 7.80. The predicted octanol–water partition coefficient (Wildman–Crippen LogP) is 3.71. The number of amides is 1. The second-order valence-electron chi connectivity index (χ2n) is 7.73. The minimum absolute atomic E-state index is 0.0431. The van der Waals surface area contributed by atoms with E-state index in [2.05, 4.69) is 20.9 Å². The van der Waals surface area contributed by atoms with Gasteiger partial charge in [-0.25, -0.2) is 10.6 Å². The average molecular weight is 526 g/mol. The molecule has 34 heavy (non-hydrogen) atoms. The zero-order valence-electron chi connectivity index (χ0n) is 18.9. The zero-order valence-corrected chi connectivity index (χ0v) is 20.5. The Balaban J connectivity index is 1.81. The van der Waals surface area contributed by atoms with Crippen molar-refractivity contribution in [1.29, 1.82) is 0 Å². The number of pyridine rings is 1. The highest BCUT2D eigenvalue weighted by Gasteiger charge is 2.30. The zero-order chi connectivity index (χ0) is 25.0. The van der Waals surface area contributed by atoms with E-state index in [1.54, 1.807) is 55.6 Å². The topological polar surface area (TPSA) is 123 Å². The monoisotopic (exact) mass is 525 g/mol. The number of carbonyl (C=O) groups is 3. The molecule has 3 aromatic rings. The summed E-state index contributed by atoms with van der Waals surface area (Å²) in [6.07, 6.45) is 1.61. The van der Waals surface area contributed by atoms with E-state index in [9.17, 15) is 19.5 Å². The highest BCUT2D eigenvalue weighted by atomic mass is 79.9. The number of aromatic nitrogens is 1. The number of nitrogens with two attached hydrogens (primary N) is 1. The molecule has 3 N–H and O–H groups in total. The molecule has 0 saturated carbocycles. The molecule has 1 heterocycles. The van der Waals surface area contributed by atoms with Crippen LogP contribution in [-0.4, -0.2) is 45.9 Å². The molecule has 1 atom stereocenters. The number of hydrazine groups is 1. The summed E-state index contributed by atoms with van der Waals surface area (Å²) in [6.45, 7) is 3.63. The molecule has 176 valence electrons. The largest absolute Gasteiger partial charge is 0.497 e. The first-order valence-electron chi connectivity index (χ1n) is 10.3. The molecule has 0 radical (unpaired) electrons. The van der Waals surface area contributed by atoms with E-state index < -0.39 is 17.9 Å². The van der Waals surface area contributed by atoms with Crippen LogP contribution in [0.3, 0.4) is 0 Å². The highest BCUT2D eigenvalue weighted by Crippen LogP contribution is 2.24. The van der Waals surface area contributed by atoms with Gasteiger partial charge in [-0.15, -0.1) is 0 Å². The van der Waals surface area contributed by atoms with Crippen molar-refractivity contribution in [3.05, 3.63) is 92.7 Å². The van der Waals surface area contributed by atoms with Crippen LogP contribution < -0.4 is 10.6 Å². The summed E-state index contributed by atoms with van der Waals surface area (Å²) in [5, 5.41) is 10.4. The highest BCUT2D eigenvalue weighted by molar-refractivity contribution is 9.10. The molecule has 1 amide bonds. The Bertz CT molecular complexity index is 1220. The molecule has 0 bridgehead atoms. The van der Waals surface area contributed by atoms with Crippen LogP contribution in [0.15, 0.2) is 59.2 Å². The number of benzene rings is 2. The normalized spacial score (nSPS) is 11.6. The fourth-order valence-corrected chi connectivity index (χ4v) is 3.99. The Morgan fingerprint density at radius 1 is 1.12 bits per heavy atom. The van der Waals surface area contributed by atoms with Gasteiger partial charge in [-0.1, -0.05) is 24.3 Å². The molecule has 0 aliphatic carbocycles. The van der Waals surface area contributed by atoms with Gasteiger partial charge in [0, 0.05) is 33.9 Å². The summed E-state index contributed by atoms with van der Waals surface area (Å²) in [6, 6.07) is 11.8. The predicted molar refractivity (Wildman–Crippen MR) is 130 cm³/mol. The van der Waals surface area contributed by atoms with Crippen LogP contribution in [-0.2, 0) is 11.2 Å². The Labute approximate surface area is 205 Å². The van der Waals surface area contributed by atoms with Crippen LogP contribution in [0, 0.1) is 13.8 Å². The average Bonchev–Trinajstić information content (AvgIpc) is 2.82. The van der Waals surface area contributed by atoms with Gasteiger partial charge in [0.15, 0.2) is 5.78 Å². The third kappa shape index (κ3) is 5.32. The summed E-state index contributed by atoms with van der Waals surface area (Å²) < 4.78 is 5.60. The summed E-state index contributed by atoms with van der Waals surface area (Å²) in [7, 11) is 1.46. The first kappa shape index (κ1) is 25.1. The third-order valence-electron chi connectivity index (χ3n) is 5.48. The molecule has 0 unspecified atom stereocenters. The Hall–Kier alpha value is -3.56. The molecule has 0 saturated heterocycles. The molecule has 2 aromatic carbocycles. The van der Waals surface area contributed by atoms with Crippen molar-refractivity contribution in [1.82, 2.24) is 9.99 Å². The summed E-state index contributed by atoms with van der Waals surface area (Å²) >= 11 is 3.29. The van der Waals surface area contributed by atoms with Crippen molar-refractivity contribution in [3.8, 4) is 5.75 Å². The summed E-state index contributed by atoms with van der Waals surface area (Å²) in [5.41, 5.74) is 3.25. The molecule has 0 spiro atoms. The van der Waals surface area contributed by atoms with Gasteiger partial charge in [0.25, 0.3) is 5.91 Å². The first-order chi connectivity index (χ1) is 16.1. The van der Waals surface area contributed by atoms with E-state index in [4.69, 9.17) is 10.6 Å². The number of aryl methyl sites for hydroxylation is 2. The minimum Gasteiger partial charge on any atom is -0.497 e. The number of carboxylic acid groups (broad SMARTS) is 1. The van der Waals surface area contributed by atoms with Crippen LogP contribution in [0.1, 0.15) is 43.1 Å². The molecular formula is C25H24BrN3O5. The molecule has 0 fully saturated rings. The summed E-state index contributed by atoms with van der Waals surface area (Å²) in [5.74, 6) is 4.32. The van der Waals surface area contributed by atoms with Crippen LogP contribution in [0.4, 0.5) is 0 Å². The standard InChI is InChI=1S/C25H24BrN3O5/c1-14-10-11-28-15(2)22(14)23(30)17-6-4-16(5-7-17)12-21(25(32)33)29(27)24(31)19-13-18(34-3)8-9-20(19)26/h4-11,13,21H,12,27H2,1-3H3,(H,32,33)/t21-/m0/s1. The maximum atomic E-state index is 12.9. The molecular weight excluding hydrogens is 502 g/mol. The van der Waals surface area contributed by atoms with E-state index >= 15 is 0 Å². The fourth-order valence-electron chi connectivity index (χ4n) is 3.58. The van der Waals surface area contributed by atoms with Crippen molar-refractivity contribution in [2.24, 2.45) is 5.84 Å². The molecule has 9 heteroatoms. The number of aliphatic carboxylic acids is 1. The van der Waals surface area contributed by atoms with Gasteiger partial charge in [0.2, 0.25) is 0 Å². The number of nitrogens with zero attached hydrogens (tertiary/aromatic N) is 2. The fraction of sp³-hybridized carbons (Fsp3) is 0.200. The van der Waals surface area contributed by atoms with Gasteiger partial charge in [0.05, 0.1) is 12.7 Å². The van der Waals surface area contributed by atoms with Gasteiger partial charge in [-0.05, 0) is 65.2 Å². The SMILES string of the molecule is COc1ccc(Br)c(C(=O)N(N)[C@@H](Cc2ccc(C(=O)c3c(C)ccnc3C)cc2)C(=O)O)c1. The van der Waals surface area contributed by atoms with Crippen LogP contribution in [0.2, 0.25) is 0 Å². The molecule has 0 aliphatic heterocycles. The number of hydrogen-bond acceptors (Lipinski definition) is 6. The lowest BCUT2D eigenvalue weighted by atomic mass is 9.96. The third-order valence-corrected chi connectivity index (χ3v) is 6.17. The van der Waals surface area contributed by atoms with Gasteiger partial charge >= 0.3 is 5.97 Å². The number of ether oxygens (including phenoxy) is 1. The van der Waals surface area contributed by atoms with Gasteiger partial charge < -0.3 is 9.84 Å². The van der Waals surface area contributed by atoms with E-state index in [0.29, 0.717) is 37.6 Å². The second-order valence-corrected chi connectivity index (χ2v) is 8.59. The van der Waals surface area contributed by atoms with Crippen molar-refractivity contribution < 1.29 is 24.2 Å². The maximum absolute atomic E-state index is 12.9. The van der Waals surface area contributed by atoms with Crippen LogP contribution >= 0.6 is 15.9 Å². The number of carboxylic acids is 1. The van der Waals surface area contributed by atoms with Gasteiger partial charge in [-0.3, -0.25) is 19.6 Å². The minimum atomic E-state index is -1.32. The number of rotatable bonds is 8. The van der Waals surface area contributed by atoms with E-state index in [1.807, 2.05) is 6.92 Å². The maximum Gasteiger partial charge on any atom is 0.328 e. The van der Waals surface area contributed by atoms with Crippen molar-refractivity contribution >= 4 is 33.6 Å². The number of ketones is 1. The van der Waals surface area contributed by atoms with Gasteiger partial charge in [0.1, 0.15) is 11.8 Å². The van der Waals surface area contributed by atoms with Crippen molar-refractivity contribution in [2.45, 2.75) is 26.3 Å². The second kappa shape index (κ2) is 10.6. The quantitative estimate of drug-likeness (QED) is 0.199. The molecule has 0 aliphatic rings. The number of halogens is 1. The van der Waals surface area contributed by atoms with Crippen LogP contribution in [0.25, 0.3) is 0 Å². The number of carbonyl (C=O) groups excluding carboxylic acids is 2. The van der Waals surface area contributed by atoms with Crippen molar-refractivity contribution in [3.63, 3.8) is 0 Å². The van der Waals surface area contributed by atoms with Crippen LogP contribution in [0.5, 0.6) is 5.75 Å². The lowest BCUT2D eigenvalue weighted by molar-refractivity contribution is -0.142. The van der Waals surface area contributed by atoms with E-state index in [1.165, 1.54) is 13.2 Å². The Morgan fingerprint density at radius 2 is 1.79 bits per heavy atom. The Morgan fingerprint density at radius 3 is 2.38 bits per heavy atom. The molecule has 3 rings (SSSR count). The molecule has 1 aromatic heterocycles.